The summed E-state index contributed by atoms with van der Waals surface area (Å²) in [5, 5.41) is 2.79. The molecule has 0 bridgehead atoms. The van der Waals surface area contributed by atoms with E-state index >= 15 is 0 Å². The lowest BCUT2D eigenvalue weighted by molar-refractivity contribution is -0.117. The highest BCUT2D eigenvalue weighted by atomic mass is 32.2. The largest absolute Gasteiger partial charge is 0.326 e. The number of rotatable bonds is 5. The standard InChI is InChI=1S/C16H17NO3S/c1-12-7-5-6-10-14(12)15(11-21(19)20)16(18)17-13-8-3-2-4-9-13/h2-10,15H,11H2,1H3,(H,17,18)(H,19,20). The first-order valence-electron chi connectivity index (χ1n) is 6.57. The molecule has 0 spiro atoms. The quantitative estimate of drug-likeness (QED) is 0.835. The van der Waals surface area contributed by atoms with E-state index < -0.39 is 17.0 Å². The van der Waals surface area contributed by atoms with Crippen molar-refractivity contribution in [3.63, 3.8) is 0 Å². The molecule has 1 amide bonds. The Balaban J connectivity index is 2.26. The number of amides is 1. The summed E-state index contributed by atoms with van der Waals surface area (Å²) in [5.41, 5.74) is 2.37. The summed E-state index contributed by atoms with van der Waals surface area (Å²) in [6.45, 7) is 1.89. The smallest absolute Gasteiger partial charge is 0.232 e. The highest BCUT2D eigenvalue weighted by Gasteiger charge is 2.24. The van der Waals surface area contributed by atoms with Crippen molar-refractivity contribution in [1.29, 1.82) is 0 Å². The van der Waals surface area contributed by atoms with Crippen LogP contribution in [-0.4, -0.2) is 20.4 Å². The molecule has 0 aliphatic rings. The molecule has 2 aromatic carbocycles. The van der Waals surface area contributed by atoms with Crippen molar-refractivity contribution >= 4 is 22.7 Å². The van der Waals surface area contributed by atoms with E-state index in [0.29, 0.717) is 5.69 Å². The Morgan fingerprint density at radius 3 is 2.38 bits per heavy atom. The number of anilines is 1. The van der Waals surface area contributed by atoms with Gasteiger partial charge in [-0.3, -0.25) is 4.79 Å². The Hall–Kier alpha value is -1.98. The lowest BCUT2D eigenvalue weighted by Gasteiger charge is -2.17. The van der Waals surface area contributed by atoms with E-state index in [1.165, 1.54) is 0 Å². The lowest BCUT2D eigenvalue weighted by Crippen LogP contribution is -2.26. The molecule has 0 saturated carbocycles. The van der Waals surface area contributed by atoms with Gasteiger partial charge in [0.05, 0.1) is 11.7 Å². The molecule has 0 fully saturated rings. The molecular formula is C16H17NO3S. The van der Waals surface area contributed by atoms with Crippen molar-refractivity contribution < 1.29 is 13.6 Å². The summed E-state index contributed by atoms with van der Waals surface area (Å²) in [6, 6.07) is 16.5. The Labute approximate surface area is 126 Å². The fourth-order valence-electron chi connectivity index (χ4n) is 2.18. The zero-order valence-corrected chi connectivity index (χ0v) is 12.5. The van der Waals surface area contributed by atoms with Gasteiger partial charge in [-0.2, -0.15) is 0 Å². The van der Waals surface area contributed by atoms with Gasteiger partial charge >= 0.3 is 0 Å². The number of carbonyl (C=O) groups excluding carboxylic acids is 1. The van der Waals surface area contributed by atoms with Crippen LogP contribution >= 0.6 is 0 Å². The molecule has 4 nitrogen and oxygen atoms in total. The van der Waals surface area contributed by atoms with Crippen LogP contribution in [0.2, 0.25) is 0 Å². The first-order chi connectivity index (χ1) is 10.1. The molecule has 0 radical (unpaired) electrons. The van der Waals surface area contributed by atoms with Gasteiger partial charge in [0.15, 0.2) is 11.1 Å². The minimum absolute atomic E-state index is 0.122. The third kappa shape index (κ3) is 4.24. The van der Waals surface area contributed by atoms with Crippen LogP contribution in [0.5, 0.6) is 0 Å². The van der Waals surface area contributed by atoms with Crippen LogP contribution in [0.25, 0.3) is 0 Å². The predicted octanol–water partition coefficient (Wildman–Crippen LogP) is 2.94. The van der Waals surface area contributed by atoms with Gasteiger partial charge in [-0.25, -0.2) is 4.21 Å². The molecule has 5 heteroatoms. The van der Waals surface area contributed by atoms with Crippen molar-refractivity contribution in [1.82, 2.24) is 0 Å². The fraction of sp³-hybridized carbons (Fsp3) is 0.188. The van der Waals surface area contributed by atoms with Gasteiger partial charge in [0, 0.05) is 5.69 Å². The van der Waals surface area contributed by atoms with Crippen LogP contribution in [-0.2, 0) is 15.9 Å². The first-order valence-corrected chi connectivity index (χ1v) is 7.84. The molecule has 0 aliphatic heterocycles. The van der Waals surface area contributed by atoms with Crippen LogP contribution in [0.1, 0.15) is 17.0 Å². The Kier molecular flexibility index (Phi) is 5.25. The maximum Gasteiger partial charge on any atom is 0.232 e. The Bertz CT molecular complexity index is 643. The van der Waals surface area contributed by atoms with E-state index in [2.05, 4.69) is 5.32 Å². The van der Waals surface area contributed by atoms with Crippen molar-refractivity contribution in [2.24, 2.45) is 0 Å². The molecule has 0 aliphatic carbocycles. The van der Waals surface area contributed by atoms with E-state index in [4.69, 9.17) is 0 Å². The molecule has 2 unspecified atom stereocenters. The Morgan fingerprint density at radius 2 is 1.76 bits per heavy atom. The third-order valence-electron chi connectivity index (χ3n) is 3.23. The van der Waals surface area contributed by atoms with Gasteiger partial charge in [0.2, 0.25) is 5.91 Å². The van der Waals surface area contributed by atoms with Crippen LogP contribution in [0.4, 0.5) is 5.69 Å². The van der Waals surface area contributed by atoms with Crippen molar-refractivity contribution in [3.05, 3.63) is 65.7 Å². The van der Waals surface area contributed by atoms with E-state index in [9.17, 15) is 13.6 Å². The number of carbonyl (C=O) groups is 1. The minimum Gasteiger partial charge on any atom is -0.326 e. The van der Waals surface area contributed by atoms with Gasteiger partial charge < -0.3 is 9.87 Å². The summed E-state index contributed by atoms with van der Waals surface area (Å²) in [7, 11) is 0. The fourth-order valence-corrected chi connectivity index (χ4v) is 2.79. The van der Waals surface area contributed by atoms with Crippen molar-refractivity contribution in [3.8, 4) is 0 Å². The van der Waals surface area contributed by atoms with Gasteiger partial charge in [-0.1, -0.05) is 42.5 Å². The van der Waals surface area contributed by atoms with Crippen molar-refractivity contribution in [2.45, 2.75) is 12.8 Å². The number of benzene rings is 2. The number of para-hydroxylation sites is 1. The number of hydrogen-bond donors (Lipinski definition) is 2. The molecule has 21 heavy (non-hydrogen) atoms. The monoisotopic (exact) mass is 303 g/mol. The molecular weight excluding hydrogens is 286 g/mol. The third-order valence-corrected chi connectivity index (χ3v) is 3.85. The predicted molar refractivity (Wildman–Crippen MR) is 84.6 cm³/mol. The van der Waals surface area contributed by atoms with E-state index in [1.807, 2.05) is 49.4 Å². The van der Waals surface area contributed by atoms with E-state index in [-0.39, 0.29) is 11.7 Å². The molecule has 0 saturated heterocycles. The number of aryl methyl sites for hydroxylation is 1. The van der Waals surface area contributed by atoms with Gasteiger partial charge in [-0.15, -0.1) is 0 Å². The summed E-state index contributed by atoms with van der Waals surface area (Å²) >= 11 is -2.04. The second kappa shape index (κ2) is 7.15. The number of hydrogen-bond acceptors (Lipinski definition) is 2. The number of nitrogens with one attached hydrogen (secondary N) is 1. The van der Waals surface area contributed by atoms with Gasteiger partial charge in [0.1, 0.15) is 0 Å². The average Bonchev–Trinajstić information content (AvgIpc) is 2.46. The molecule has 2 N–H and O–H groups in total. The first kappa shape index (κ1) is 15.4. The van der Waals surface area contributed by atoms with Gasteiger partial charge in [-0.05, 0) is 30.2 Å². The van der Waals surface area contributed by atoms with Gasteiger partial charge in [0.25, 0.3) is 0 Å². The van der Waals surface area contributed by atoms with Crippen LogP contribution < -0.4 is 5.32 Å². The molecule has 2 rings (SSSR count). The van der Waals surface area contributed by atoms with Crippen LogP contribution in [0.3, 0.4) is 0 Å². The van der Waals surface area contributed by atoms with E-state index in [1.54, 1.807) is 12.1 Å². The zero-order valence-electron chi connectivity index (χ0n) is 11.7. The summed E-state index contributed by atoms with van der Waals surface area (Å²) in [6.07, 6.45) is 0. The Morgan fingerprint density at radius 1 is 1.14 bits per heavy atom. The maximum atomic E-state index is 12.4. The highest BCUT2D eigenvalue weighted by Crippen LogP contribution is 2.22. The average molecular weight is 303 g/mol. The molecule has 2 atom stereocenters. The highest BCUT2D eigenvalue weighted by molar-refractivity contribution is 7.79. The molecule has 0 aromatic heterocycles. The van der Waals surface area contributed by atoms with Crippen molar-refractivity contribution in [2.75, 3.05) is 11.1 Å². The molecule has 2 aromatic rings. The molecule has 0 heterocycles. The summed E-state index contributed by atoms with van der Waals surface area (Å²) < 4.78 is 20.4. The second-order valence-electron chi connectivity index (χ2n) is 4.75. The SMILES string of the molecule is Cc1ccccc1C(CS(=O)O)C(=O)Nc1ccccc1. The van der Waals surface area contributed by atoms with E-state index in [0.717, 1.165) is 11.1 Å². The summed E-state index contributed by atoms with van der Waals surface area (Å²) in [4.78, 5) is 12.4. The lowest BCUT2D eigenvalue weighted by atomic mass is 9.95. The minimum atomic E-state index is -2.04. The molecule has 110 valence electrons. The normalized spacial score (nSPS) is 13.4. The maximum absolute atomic E-state index is 12.4. The summed E-state index contributed by atoms with van der Waals surface area (Å²) in [5.74, 6) is -1.06. The second-order valence-corrected chi connectivity index (χ2v) is 5.73. The topological polar surface area (TPSA) is 66.4 Å². The van der Waals surface area contributed by atoms with Crippen LogP contribution in [0, 0.1) is 6.92 Å². The van der Waals surface area contributed by atoms with Crippen LogP contribution in [0.15, 0.2) is 54.6 Å². The zero-order chi connectivity index (χ0) is 15.2.